The number of rotatable bonds is 4. The van der Waals surface area contributed by atoms with Crippen LogP contribution in [0.15, 0.2) is 36.4 Å². The minimum atomic E-state index is -0.546. The van der Waals surface area contributed by atoms with Crippen LogP contribution in [0, 0.1) is 11.7 Å². The van der Waals surface area contributed by atoms with Gasteiger partial charge in [-0.15, -0.1) is 0 Å². The molecule has 4 rings (SSSR count). The summed E-state index contributed by atoms with van der Waals surface area (Å²) in [6, 6.07) is 8.90. The highest BCUT2D eigenvalue weighted by molar-refractivity contribution is 6.05. The Labute approximate surface area is 142 Å². The Bertz CT molecular complexity index is 864. The number of nitrogens with one attached hydrogen (secondary N) is 2. The number of amides is 2. The second-order valence-corrected chi connectivity index (χ2v) is 5.98. The summed E-state index contributed by atoms with van der Waals surface area (Å²) < 4.78 is 24.3. The summed E-state index contributed by atoms with van der Waals surface area (Å²) in [6.45, 7) is 0.127. The van der Waals surface area contributed by atoms with Gasteiger partial charge in [0.2, 0.25) is 12.7 Å². The third-order valence-corrected chi connectivity index (χ3v) is 4.06. The van der Waals surface area contributed by atoms with Crippen molar-refractivity contribution in [3.63, 3.8) is 0 Å². The molecule has 0 atom stereocenters. The average Bonchev–Trinajstić information content (AvgIpc) is 3.35. The van der Waals surface area contributed by atoms with Crippen LogP contribution in [0.4, 0.5) is 15.8 Å². The van der Waals surface area contributed by atoms with E-state index in [-0.39, 0.29) is 30.2 Å². The van der Waals surface area contributed by atoms with Crippen molar-refractivity contribution in [1.29, 1.82) is 0 Å². The number of ether oxygens (including phenoxy) is 2. The zero-order chi connectivity index (χ0) is 17.4. The van der Waals surface area contributed by atoms with E-state index in [0.717, 1.165) is 12.8 Å². The zero-order valence-corrected chi connectivity index (χ0v) is 13.2. The van der Waals surface area contributed by atoms with Crippen LogP contribution in [0.5, 0.6) is 11.5 Å². The van der Waals surface area contributed by atoms with E-state index in [4.69, 9.17) is 9.47 Å². The van der Waals surface area contributed by atoms with Crippen LogP contribution in [-0.4, -0.2) is 18.6 Å². The molecular formula is C18H15FN2O4. The maximum absolute atomic E-state index is 13.9. The van der Waals surface area contributed by atoms with Crippen molar-refractivity contribution in [2.24, 2.45) is 5.92 Å². The molecule has 2 aromatic rings. The van der Waals surface area contributed by atoms with Crippen molar-refractivity contribution in [2.45, 2.75) is 12.8 Å². The molecule has 2 amide bonds. The van der Waals surface area contributed by atoms with Gasteiger partial charge in [-0.25, -0.2) is 4.39 Å². The molecule has 0 spiro atoms. The summed E-state index contributed by atoms with van der Waals surface area (Å²) >= 11 is 0. The molecule has 1 aliphatic heterocycles. The van der Waals surface area contributed by atoms with E-state index in [0.29, 0.717) is 22.7 Å². The predicted molar refractivity (Wildman–Crippen MR) is 88.3 cm³/mol. The van der Waals surface area contributed by atoms with Crippen LogP contribution < -0.4 is 20.1 Å². The second kappa shape index (κ2) is 6.08. The lowest BCUT2D eigenvalue weighted by Crippen LogP contribution is -2.16. The van der Waals surface area contributed by atoms with Crippen LogP contribution in [0.25, 0.3) is 0 Å². The van der Waals surface area contributed by atoms with Gasteiger partial charge in [0.05, 0.1) is 5.69 Å². The number of carbonyl (C=O) groups excluding carboxylic acids is 2. The van der Waals surface area contributed by atoms with Crippen LogP contribution in [0.3, 0.4) is 0 Å². The highest BCUT2D eigenvalue weighted by Crippen LogP contribution is 2.33. The first-order valence-electron chi connectivity index (χ1n) is 7.91. The third kappa shape index (κ3) is 3.26. The van der Waals surface area contributed by atoms with Gasteiger partial charge in [-0.1, -0.05) is 0 Å². The molecule has 1 heterocycles. The van der Waals surface area contributed by atoms with Crippen molar-refractivity contribution in [3.8, 4) is 11.5 Å². The molecule has 0 bridgehead atoms. The van der Waals surface area contributed by atoms with Crippen LogP contribution in [0.1, 0.15) is 23.2 Å². The first-order chi connectivity index (χ1) is 12.1. The largest absolute Gasteiger partial charge is 0.454 e. The summed E-state index contributed by atoms with van der Waals surface area (Å²) in [5, 5.41) is 5.24. The zero-order valence-electron chi connectivity index (χ0n) is 13.2. The normalized spacial score (nSPS) is 14.9. The topological polar surface area (TPSA) is 76.7 Å². The molecular weight excluding hydrogens is 327 g/mol. The summed E-state index contributed by atoms with van der Waals surface area (Å²) in [4.78, 5) is 24.2. The van der Waals surface area contributed by atoms with E-state index in [1.807, 2.05) is 0 Å². The Morgan fingerprint density at radius 2 is 1.80 bits per heavy atom. The van der Waals surface area contributed by atoms with Crippen molar-refractivity contribution >= 4 is 23.2 Å². The number of fused-ring (bicyclic) bond motifs is 1. The highest BCUT2D eigenvalue weighted by Gasteiger charge is 2.30. The van der Waals surface area contributed by atoms with Gasteiger partial charge in [0.15, 0.2) is 11.5 Å². The molecule has 0 unspecified atom stereocenters. The first-order valence-corrected chi connectivity index (χ1v) is 7.91. The molecule has 1 aliphatic carbocycles. The SMILES string of the molecule is O=C(Nc1ccc(F)c(NC(=O)C2CC2)c1)c1ccc2c(c1)OCO2. The molecule has 1 saturated carbocycles. The maximum Gasteiger partial charge on any atom is 0.255 e. The summed E-state index contributed by atoms with van der Waals surface area (Å²) in [7, 11) is 0. The van der Waals surface area contributed by atoms with E-state index in [9.17, 15) is 14.0 Å². The van der Waals surface area contributed by atoms with Gasteiger partial charge >= 0.3 is 0 Å². The fourth-order valence-corrected chi connectivity index (χ4v) is 2.52. The summed E-state index contributed by atoms with van der Waals surface area (Å²) in [6.07, 6.45) is 1.65. The molecule has 0 radical (unpaired) electrons. The lowest BCUT2D eigenvalue weighted by atomic mass is 10.1. The number of anilines is 2. The number of hydrogen-bond acceptors (Lipinski definition) is 4. The van der Waals surface area contributed by atoms with E-state index in [1.165, 1.54) is 18.2 Å². The van der Waals surface area contributed by atoms with Crippen LogP contribution >= 0.6 is 0 Å². The highest BCUT2D eigenvalue weighted by atomic mass is 19.1. The first kappa shape index (κ1) is 15.4. The Hall–Kier alpha value is -3.09. The van der Waals surface area contributed by atoms with E-state index in [2.05, 4.69) is 10.6 Å². The van der Waals surface area contributed by atoms with Gasteiger partial charge in [0.25, 0.3) is 5.91 Å². The Morgan fingerprint density at radius 3 is 2.60 bits per heavy atom. The molecule has 25 heavy (non-hydrogen) atoms. The Balaban J connectivity index is 1.50. The minimum Gasteiger partial charge on any atom is -0.454 e. The van der Waals surface area contributed by atoms with Crippen molar-refractivity contribution < 1.29 is 23.5 Å². The Morgan fingerprint density at radius 1 is 1.00 bits per heavy atom. The predicted octanol–water partition coefficient (Wildman–Crippen LogP) is 3.16. The molecule has 1 fully saturated rings. The molecule has 128 valence electrons. The number of carbonyl (C=O) groups is 2. The molecule has 0 saturated heterocycles. The standard InChI is InChI=1S/C18H15FN2O4/c19-13-5-4-12(8-14(13)21-17(22)10-1-2-10)20-18(23)11-3-6-15-16(7-11)25-9-24-15/h3-8,10H,1-2,9H2,(H,20,23)(H,21,22). The van der Waals surface area contributed by atoms with Gasteiger partial charge in [0.1, 0.15) is 5.82 Å². The second-order valence-electron chi connectivity index (χ2n) is 5.98. The maximum atomic E-state index is 13.9. The van der Waals surface area contributed by atoms with Crippen molar-refractivity contribution in [1.82, 2.24) is 0 Å². The monoisotopic (exact) mass is 342 g/mol. The number of hydrogen-bond donors (Lipinski definition) is 2. The number of halogens is 1. The molecule has 2 aliphatic rings. The van der Waals surface area contributed by atoms with Crippen molar-refractivity contribution in [2.75, 3.05) is 17.4 Å². The van der Waals surface area contributed by atoms with Crippen LogP contribution in [0.2, 0.25) is 0 Å². The van der Waals surface area contributed by atoms with Gasteiger partial charge in [0, 0.05) is 17.2 Å². The van der Waals surface area contributed by atoms with Gasteiger partial charge in [-0.05, 0) is 49.2 Å². The fraction of sp³-hybridized carbons (Fsp3) is 0.222. The van der Waals surface area contributed by atoms with Crippen molar-refractivity contribution in [3.05, 3.63) is 47.8 Å². The molecule has 2 aromatic carbocycles. The van der Waals surface area contributed by atoms with E-state index in [1.54, 1.807) is 18.2 Å². The lowest BCUT2D eigenvalue weighted by molar-refractivity contribution is -0.117. The third-order valence-electron chi connectivity index (χ3n) is 4.06. The molecule has 2 N–H and O–H groups in total. The number of benzene rings is 2. The molecule has 0 aromatic heterocycles. The summed E-state index contributed by atoms with van der Waals surface area (Å²) in [5.74, 6) is -0.0589. The Kier molecular flexibility index (Phi) is 3.76. The smallest absolute Gasteiger partial charge is 0.255 e. The van der Waals surface area contributed by atoms with E-state index < -0.39 is 5.82 Å². The molecule has 7 heteroatoms. The van der Waals surface area contributed by atoms with Crippen LogP contribution in [-0.2, 0) is 4.79 Å². The van der Waals surface area contributed by atoms with Gasteiger partial charge < -0.3 is 20.1 Å². The van der Waals surface area contributed by atoms with E-state index >= 15 is 0 Å². The van der Waals surface area contributed by atoms with Gasteiger partial charge in [-0.2, -0.15) is 0 Å². The average molecular weight is 342 g/mol. The summed E-state index contributed by atoms with van der Waals surface area (Å²) in [5.41, 5.74) is 0.827. The van der Waals surface area contributed by atoms with Gasteiger partial charge in [-0.3, -0.25) is 9.59 Å². The fourth-order valence-electron chi connectivity index (χ4n) is 2.52. The lowest BCUT2D eigenvalue weighted by Gasteiger charge is -2.10. The minimum absolute atomic E-state index is 0.0359. The molecule has 6 nitrogen and oxygen atoms in total. The quantitative estimate of drug-likeness (QED) is 0.895.